The number of aromatic nitrogens is 3. The molecule has 204 valence electrons. The Morgan fingerprint density at radius 1 is 0.780 bits per heavy atom. The number of nitrogens with one attached hydrogen (secondary N) is 5. The maximum absolute atomic E-state index is 13.3. The summed E-state index contributed by atoms with van der Waals surface area (Å²) in [6.07, 6.45) is 3.00. The molecule has 6 rings (SSSR count). The zero-order chi connectivity index (χ0) is 28.0. The van der Waals surface area contributed by atoms with E-state index < -0.39 is 0 Å². The number of hydrogen-bond donors (Lipinski definition) is 5. The number of hydrogen-bond acceptors (Lipinski definition) is 3. The Morgan fingerprint density at radius 2 is 1.49 bits per heavy atom. The van der Waals surface area contributed by atoms with Crippen molar-refractivity contribution in [3.8, 4) is 11.1 Å². The maximum atomic E-state index is 13.3. The van der Waals surface area contributed by atoms with Crippen LogP contribution >= 0.6 is 0 Å². The highest BCUT2D eigenvalue weighted by Crippen LogP contribution is 2.24. The third-order valence-electron chi connectivity index (χ3n) is 7.09. The molecule has 1 atom stereocenters. The first-order valence-corrected chi connectivity index (χ1v) is 13.7. The van der Waals surface area contributed by atoms with Crippen molar-refractivity contribution in [2.45, 2.75) is 18.9 Å². The number of aromatic amines is 2. The van der Waals surface area contributed by atoms with Crippen molar-refractivity contribution in [3.05, 3.63) is 121 Å². The van der Waals surface area contributed by atoms with Gasteiger partial charge in [-0.25, -0.2) is 9.78 Å². The van der Waals surface area contributed by atoms with Gasteiger partial charge in [0.05, 0.1) is 22.8 Å². The summed E-state index contributed by atoms with van der Waals surface area (Å²) in [4.78, 5) is 37.1. The molecule has 0 aliphatic carbocycles. The topological polar surface area (TPSA) is 115 Å². The van der Waals surface area contributed by atoms with E-state index >= 15 is 0 Å². The second-order valence-corrected chi connectivity index (χ2v) is 9.88. The first-order chi connectivity index (χ1) is 20.1. The molecule has 0 radical (unpaired) electrons. The number of benzene rings is 4. The van der Waals surface area contributed by atoms with Crippen molar-refractivity contribution in [3.63, 3.8) is 0 Å². The normalized spacial score (nSPS) is 11.8. The van der Waals surface area contributed by atoms with E-state index in [-0.39, 0.29) is 18.0 Å². The van der Waals surface area contributed by atoms with Crippen molar-refractivity contribution < 1.29 is 9.59 Å². The summed E-state index contributed by atoms with van der Waals surface area (Å²) in [7, 11) is 0. The number of rotatable bonds is 9. The summed E-state index contributed by atoms with van der Waals surface area (Å²) < 4.78 is 0. The highest BCUT2D eigenvalue weighted by atomic mass is 16.2. The molecule has 0 bridgehead atoms. The minimum Gasteiger partial charge on any atom is -0.359 e. The quantitative estimate of drug-likeness (QED) is 0.130. The summed E-state index contributed by atoms with van der Waals surface area (Å²) in [5, 5.41) is 9.92. The molecule has 8 nitrogen and oxygen atoms in total. The average Bonchev–Trinajstić information content (AvgIpc) is 3.63. The van der Waals surface area contributed by atoms with Gasteiger partial charge < -0.3 is 25.9 Å². The summed E-state index contributed by atoms with van der Waals surface area (Å²) in [6.45, 7) is 0.437. The predicted octanol–water partition coefficient (Wildman–Crippen LogP) is 6.78. The van der Waals surface area contributed by atoms with Crippen molar-refractivity contribution in [2.24, 2.45) is 0 Å². The van der Waals surface area contributed by atoms with Crippen molar-refractivity contribution in [1.82, 2.24) is 25.6 Å². The van der Waals surface area contributed by atoms with Crippen LogP contribution in [0.1, 0.15) is 35.1 Å². The summed E-state index contributed by atoms with van der Waals surface area (Å²) >= 11 is 0. The van der Waals surface area contributed by atoms with E-state index in [1.807, 2.05) is 103 Å². The van der Waals surface area contributed by atoms with Crippen LogP contribution in [0.2, 0.25) is 0 Å². The number of urea groups is 1. The second kappa shape index (κ2) is 11.8. The largest absolute Gasteiger partial charge is 0.359 e. The van der Waals surface area contributed by atoms with E-state index in [2.05, 4.69) is 25.9 Å². The van der Waals surface area contributed by atoms with Crippen LogP contribution in [0.25, 0.3) is 33.1 Å². The Bertz CT molecular complexity index is 1760. The molecule has 0 unspecified atom stereocenters. The number of carbonyl (C=O) groups excluding carboxylic acids is 2. The monoisotopic (exact) mass is 542 g/mol. The molecule has 0 fully saturated rings. The summed E-state index contributed by atoms with van der Waals surface area (Å²) in [6, 6.07) is 32.6. The Labute approximate surface area is 237 Å². The van der Waals surface area contributed by atoms with Gasteiger partial charge in [0.15, 0.2) is 0 Å². The van der Waals surface area contributed by atoms with E-state index in [4.69, 9.17) is 4.98 Å². The first kappa shape index (κ1) is 25.9. The van der Waals surface area contributed by atoms with Crippen LogP contribution in [-0.4, -0.2) is 33.4 Å². The van der Waals surface area contributed by atoms with Crippen LogP contribution in [-0.2, 0) is 0 Å². The predicted molar refractivity (Wildman–Crippen MR) is 163 cm³/mol. The molecule has 0 aliphatic rings. The maximum Gasteiger partial charge on any atom is 0.319 e. The number of amides is 3. The van der Waals surface area contributed by atoms with E-state index in [0.29, 0.717) is 30.8 Å². The molecule has 3 amide bonds. The van der Waals surface area contributed by atoms with Gasteiger partial charge in [-0.2, -0.15) is 0 Å². The van der Waals surface area contributed by atoms with E-state index in [1.165, 1.54) is 0 Å². The van der Waals surface area contributed by atoms with Gasteiger partial charge in [-0.3, -0.25) is 4.79 Å². The van der Waals surface area contributed by atoms with E-state index in [0.717, 1.165) is 38.8 Å². The number of para-hydroxylation sites is 3. The lowest BCUT2D eigenvalue weighted by molar-refractivity contribution is 0.0932. The fraction of sp³-hybridized carbons (Fsp3) is 0.121. The average molecular weight is 543 g/mol. The van der Waals surface area contributed by atoms with E-state index in [9.17, 15) is 9.59 Å². The van der Waals surface area contributed by atoms with Gasteiger partial charge in [0, 0.05) is 29.2 Å². The molecule has 2 heterocycles. The molecular weight excluding hydrogens is 512 g/mol. The van der Waals surface area contributed by atoms with Crippen molar-refractivity contribution >= 4 is 39.6 Å². The van der Waals surface area contributed by atoms with Gasteiger partial charge >= 0.3 is 6.03 Å². The lowest BCUT2D eigenvalue weighted by Crippen LogP contribution is -2.32. The summed E-state index contributed by atoms with van der Waals surface area (Å²) in [5.41, 5.74) is 6.15. The van der Waals surface area contributed by atoms with Crippen LogP contribution in [0.4, 0.5) is 10.5 Å². The second-order valence-electron chi connectivity index (χ2n) is 9.88. The number of anilines is 1. The van der Waals surface area contributed by atoms with Gasteiger partial charge in [0.1, 0.15) is 5.82 Å². The van der Waals surface area contributed by atoms with E-state index in [1.54, 1.807) is 6.20 Å². The highest BCUT2D eigenvalue weighted by Gasteiger charge is 2.19. The highest BCUT2D eigenvalue weighted by molar-refractivity contribution is 6.01. The smallest absolute Gasteiger partial charge is 0.319 e. The zero-order valence-electron chi connectivity index (χ0n) is 22.4. The van der Waals surface area contributed by atoms with Crippen LogP contribution in [0.5, 0.6) is 0 Å². The number of nitrogens with zero attached hydrogens (tertiary/aromatic N) is 1. The molecule has 6 aromatic rings. The third-order valence-corrected chi connectivity index (χ3v) is 7.09. The molecule has 0 spiro atoms. The van der Waals surface area contributed by atoms with Crippen LogP contribution in [0.15, 0.2) is 109 Å². The van der Waals surface area contributed by atoms with Crippen LogP contribution in [0.3, 0.4) is 0 Å². The van der Waals surface area contributed by atoms with Gasteiger partial charge in [0.25, 0.3) is 5.91 Å². The standard InChI is InChI=1S/C33H30N6O2/c40-32(24-18-16-23(17-19-24)22-9-2-1-3-10-22)38-29(31-36-27-13-6-7-14-28(27)37-31)15-8-20-34-33(41)39-30-21-35-26-12-5-4-11-25(26)30/h1-7,9-14,16-19,21,29,35H,8,15,20H2,(H,36,37)(H,38,40)(H2,34,39,41)/t29-/m0/s1. The molecule has 4 aromatic carbocycles. The molecular formula is C33H30N6O2. The number of H-pyrrole nitrogens is 2. The molecule has 0 saturated heterocycles. The van der Waals surface area contributed by atoms with Crippen molar-refractivity contribution in [2.75, 3.05) is 11.9 Å². The minimum absolute atomic E-state index is 0.180. The van der Waals surface area contributed by atoms with Gasteiger partial charge in [0.2, 0.25) is 0 Å². The lowest BCUT2D eigenvalue weighted by Gasteiger charge is -2.17. The van der Waals surface area contributed by atoms with Crippen molar-refractivity contribution in [1.29, 1.82) is 0 Å². The van der Waals surface area contributed by atoms with Gasteiger partial charge in [-0.15, -0.1) is 0 Å². The molecule has 2 aromatic heterocycles. The van der Waals surface area contributed by atoms with Gasteiger partial charge in [-0.1, -0.05) is 72.8 Å². The lowest BCUT2D eigenvalue weighted by atomic mass is 10.0. The zero-order valence-corrected chi connectivity index (χ0v) is 22.4. The minimum atomic E-state index is -0.359. The number of imidazole rings is 1. The fourth-order valence-electron chi connectivity index (χ4n) is 4.95. The molecule has 0 aliphatic heterocycles. The molecule has 41 heavy (non-hydrogen) atoms. The summed E-state index contributed by atoms with van der Waals surface area (Å²) in [5.74, 6) is 0.504. The number of carbonyl (C=O) groups is 2. The molecule has 5 N–H and O–H groups in total. The first-order valence-electron chi connectivity index (χ1n) is 13.7. The Kier molecular flexibility index (Phi) is 7.44. The van der Waals surface area contributed by atoms with Crippen LogP contribution in [0, 0.1) is 0 Å². The fourth-order valence-corrected chi connectivity index (χ4v) is 4.95. The molecule has 8 heteroatoms. The Morgan fingerprint density at radius 3 is 2.29 bits per heavy atom. The van der Waals surface area contributed by atoms with Gasteiger partial charge in [-0.05, 0) is 54.3 Å². The SMILES string of the molecule is O=C(NCCC[C@H](NC(=O)c1ccc(-c2ccccc2)cc1)c1nc2ccccc2[nH]1)Nc1c[nH]c2ccccc12. The third kappa shape index (κ3) is 5.96. The number of fused-ring (bicyclic) bond motifs is 2. The van der Waals surface area contributed by atoms with Crippen LogP contribution < -0.4 is 16.0 Å². The molecule has 0 saturated carbocycles. The Hall–Kier alpha value is -5.37. The Balaban J connectivity index is 1.10.